The Hall–Kier alpha value is -3.06. The van der Waals surface area contributed by atoms with Crippen molar-refractivity contribution in [2.24, 2.45) is 5.92 Å². The lowest BCUT2D eigenvalue weighted by atomic mass is 9.94. The van der Waals surface area contributed by atoms with E-state index < -0.39 is 0 Å². The molecule has 4 rings (SSSR count). The minimum Gasteiger partial charge on any atom is -0.497 e. The normalized spacial score (nSPS) is 17.7. The van der Waals surface area contributed by atoms with E-state index in [0.717, 1.165) is 36.3 Å². The monoisotopic (exact) mass is 479 g/mol. The Bertz CT molecular complexity index is 980. The van der Waals surface area contributed by atoms with Gasteiger partial charge in [-0.2, -0.15) is 0 Å². The molecule has 7 nitrogen and oxygen atoms in total. The highest BCUT2D eigenvalue weighted by Crippen LogP contribution is 2.31. The summed E-state index contributed by atoms with van der Waals surface area (Å²) in [5, 5.41) is 3.20. The van der Waals surface area contributed by atoms with E-state index in [0.29, 0.717) is 44.2 Å². The summed E-state index contributed by atoms with van der Waals surface area (Å²) < 4.78 is 10.6. The molecule has 188 valence electrons. The number of carbonyl (C=O) groups is 2. The second kappa shape index (κ2) is 12.1. The summed E-state index contributed by atoms with van der Waals surface area (Å²) in [6, 6.07) is 15.1. The quantitative estimate of drug-likeness (QED) is 0.597. The van der Waals surface area contributed by atoms with Crippen LogP contribution in [0.25, 0.3) is 0 Å². The molecule has 35 heavy (non-hydrogen) atoms. The summed E-state index contributed by atoms with van der Waals surface area (Å²) in [5.41, 5.74) is 1.76. The standard InChI is InChI=1S/C28H37N3O4/c1-34-24-13-11-23(12-14-24)28(33)31-19-17-30(18-20-31)26(22-8-3-4-9-22)27(32)29-16-15-21-7-5-6-10-25(21)35-2/h5-7,10-14,22,26H,3-4,8-9,15-20H2,1-2H3,(H,29,32). The summed E-state index contributed by atoms with van der Waals surface area (Å²) in [6.07, 6.45) is 5.29. The molecule has 1 saturated carbocycles. The third-order valence-corrected chi connectivity index (χ3v) is 7.33. The highest BCUT2D eigenvalue weighted by molar-refractivity contribution is 5.94. The fraction of sp³-hybridized carbons (Fsp3) is 0.500. The minimum absolute atomic E-state index is 0.0333. The first kappa shape index (κ1) is 25.0. The number of nitrogens with zero attached hydrogens (tertiary/aromatic N) is 2. The van der Waals surface area contributed by atoms with Gasteiger partial charge in [-0.3, -0.25) is 14.5 Å². The first-order valence-corrected chi connectivity index (χ1v) is 12.7. The van der Waals surface area contributed by atoms with E-state index in [2.05, 4.69) is 10.2 Å². The molecule has 1 saturated heterocycles. The highest BCUT2D eigenvalue weighted by Gasteiger charge is 2.37. The summed E-state index contributed by atoms with van der Waals surface area (Å²) in [4.78, 5) is 30.6. The zero-order chi connectivity index (χ0) is 24.6. The fourth-order valence-electron chi connectivity index (χ4n) is 5.40. The van der Waals surface area contributed by atoms with Crippen molar-refractivity contribution in [2.75, 3.05) is 46.9 Å². The van der Waals surface area contributed by atoms with E-state index in [1.165, 1.54) is 12.8 Å². The molecular formula is C28H37N3O4. The van der Waals surface area contributed by atoms with E-state index in [1.54, 1.807) is 14.2 Å². The molecule has 2 aliphatic rings. The first-order chi connectivity index (χ1) is 17.1. The van der Waals surface area contributed by atoms with Crippen LogP contribution in [0.4, 0.5) is 0 Å². The number of benzene rings is 2. The number of amides is 2. The Morgan fingerprint density at radius 2 is 1.63 bits per heavy atom. The van der Waals surface area contributed by atoms with E-state index in [9.17, 15) is 9.59 Å². The van der Waals surface area contributed by atoms with E-state index in [4.69, 9.17) is 9.47 Å². The molecule has 1 heterocycles. The zero-order valence-electron chi connectivity index (χ0n) is 20.9. The van der Waals surface area contributed by atoms with Crippen LogP contribution < -0.4 is 14.8 Å². The first-order valence-electron chi connectivity index (χ1n) is 12.7. The van der Waals surface area contributed by atoms with Gasteiger partial charge < -0.3 is 19.7 Å². The van der Waals surface area contributed by atoms with Crippen LogP contribution >= 0.6 is 0 Å². The average Bonchev–Trinajstić information content (AvgIpc) is 3.43. The van der Waals surface area contributed by atoms with Crippen LogP contribution in [0, 0.1) is 5.92 Å². The summed E-state index contributed by atoms with van der Waals surface area (Å²) >= 11 is 0. The van der Waals surface area contributed by atoms with Crippen molar-refractivity contribution in [3.05, 3.63) is 59.7 Å². The Balaban J connectivity index is 1.34. The molecule has 2 amide bonds. The summed E-state index contributed by atoms with van der Waals surface area (Å²) in [7, 11) is 3.29. The van der Waals surface area contributed by atoms with Crippen molar-refractivity contribution in [3.63, 3.8) is 0 Å². The summed E-state index contributed by atoms with van der Waals surface area (Å²) in [5.74, 6) is 2.12. The molecule has 1 aliphatic heterocycles. The number of rotatable bonds is 9. The molecule has 2 fully saturated rings. The van der Waals surface area contributed by atoms with Crippen molar-refractivity contribution < 1.29 is 19.1 Å². The average molecular weight is 480 g/mol. The molecule has 1 atom stereocenters. The van der Waals surface area contributed by atoms with Gasteiger partial charge in [0.25, 0.3) is 5.91 Å². The van der Waals surface area contributed by atoms with Gasteiger partial charge in [0.05, 0.1) is 20.3 Å². The number of methoxy groups -OCH3 is 2. The molecule has 0 spiro atoms. The largest absolute Gasteiger partial charge is 0.497 e. The van der Waals surface area contributed by atoms with Crippen LogP contribution in [0.1, 0.15) is 41.6 Å². The third-order valence-electron chi connectivity index (χ3n) is 7.33. The second-order valence-corrected chi connectivity index (χ2v) is 9.40. The molecular weight excluding hydrogens is 442 g/mol. The molecule has 2 aromatic rings. The lowest BCUT2D eigenvalue weighted by Crippen LogP contribution is -2.58. The molecule has 0 radical (unpaired) electrons. The van der Waals surface area contributed by atoms with Crippen LogP contribution in [0.5, 0.6) is 11.5 Å². The molecule has 1 unspecified atom stereocenters. The molecule has 0 aromatic heterocycles. The number of hydrogen-bond acceptors (Lipinski definition) is 5. The van der Waals surface area contributed by atoms with E-state index in [-0.39, 0.29) is 17.9 Å². The smallest absolute Gasteiger partial charge is 0.253 e. The Labute approximate surface area is 208 Å². The zero-order valence-corrected chi connectivity index (χ0v) is 20.9. The lowest BCUT2D eigenvalue weighted by molar-refractivity contribution is -0.129. The SMILES string of the molecule is COc1ccc(C(=O)N2CCN(C(C(=O)NCCc3ccccc3OC)C3CCCC3)CC2)cc1. The maximum atomic E-state index is 13.4. The number of piperazine rings is 1. The number of nitrogens with one attached hydrogen (secondary N) is 1. The molecule has 0 bridgehead atoms. The Morgan fingerprint density at radius 1 is 0.943 bits per heavy atom. The molecule has 1 N–H and O–H groups in total. The van der Waals surface area contributed by atoms with Crippen LogP contribution in [0.3, 0.4) is 0 Å². The number of ether oxygens (including phenoxy) is 2. The van der Waals surface area contributed by atoms with Gasteiger partial charge in [-0.05, 0) is 61.1 Å². The molecule has 1 aliphatic carbocycles. The maximum absolute atomic E-state index is 13.4. The van der Waals surface area contributed by atoms with Gasteiger partial charge in [-0.1, -0.05) is 31.0 Å². The Morgan fingerprint density at radius 3 is 2.29 bits per heavy atom. The highest BCUT2D eigenvalue weighted by atomic mass is 16.5. The maximum Gasteiger partial charge on any atom is 0.253 e. The van der Waals surface area contributed by atoms with Crippen LogP contribution in [0.15, 0.2) is 48.5 Å². The summed E-state index contributed by atoms with van der Waals surface area (Å²) in [6.45, 7) is 3.26. The van der Waals surface area contributed by atoms with Crippen LogP contribution in [0.2, 0.25) is 0 Å². The van der Waals surface area contributed by atoms with E-state index >= 15 is 0 Å². The van der Waals surface area contributed by atoms with Crippen molar-refractivity contribution in [3.8, 4) is 11.5 Å². The minimum atomic E-state index is -0.131. The Kier molecular flexibility index (Phi) is 8.64. The van der Waals surface area contributed by atoms with Crippen molar-refractivity contribution >= 4 is 11.8 Å². The van der Waals surface area contributed by atoms with Gasteiger partial charge in [-0.15, -0.1) is 0 Å². The van der Waals surface area contributed by atoms with E-state index in [1.807, 2.05) is 53.4 Å². The topological polar surface area (TPSA) is 71.1 Å². The predicted octanol–water partition coefficient (Wildman–Crippen LogP) is 3.38. The van der Waals surface area contributed by atoms with Gasteiger partial charge in [0, 0.05) is 38.3 Å². The van der Waals surface area contributed by atoms with Crippen LogP contribution in [-0.4, -0.2) is 74.6 Å². The van der Waals surface area contributed by atoms with Gasteiger partial charge in [0.2, 0.25) is 5.91 Å². The molecule has 7 heteroatoms. The van der Waals surface area contributed by atoms with Crippen molar-refractivity contribution in [1.29, 1.82) is 0 Å². The van der Waals surface area contributed by atoms with Crippen molar-refractivity contribution in [2.45, 2.75) is 38.1 Å². The fourth-order valence-corrected chi connectivity index (χ4v) is 5.40. The van der Waals surface area contributed by atoms with Crippen LogP contribution in [-0.2, 0) is 11.2 Å². The predicted molar refractivity (Wildman–Crippen MR) is 136 cm³/mol. The van der Waals surface area contributed by atoms with Gasteiger partial charge in [0.1, 0.15) is 11.5 Å². The van der Waals surface area contributed by atoms with Gasteiger partial charge >= 0.3 is 0 Å². The second-order valence-electron chi connectivity index (χ2n) is 9.40. The molecule has 2 aromatic carbocycles. The number of hydrogen-bond donors (Lipinski definition) is 1. The number of carbonyl (C=O) groups excluding carboxylic acids is 2. The van der Waals surface area contributed by atoms with Crippen molar-refractivity contribution in [1.82, 2.24) is 15.1 Å². The third kappa shape index (κ3) is 6.14. The number of para-hydroxylation sites is 1. The lowest BCUT2D eigenvalue weighted by Gasteiger charge is -2.40. The van der Waals surface area contributed by atoms with Gasteiger partial charge in [-0.25, -0.2) is 0 Å². The van der Waals surface area contributed by atoms with Gasteiger partial charge in [0.15, 0.2) is 0 Å².